The fourth-order valence-electron chi connectivity index (χ4n) is 3.86. The van der Waals surface area contributed by atoms with Gasteiger partial charge in [-0.1, -0.05) is 25.5 Å². The van der Waals surface area contributed by atoms with Gasteiger partial charge in [0.15, 0.2) is 0 Å². The van der Waals surface area contributed by atoms with Gasteiger partial charge in [-0.05, 0) is 48.4 Å². The van der Waals surface area contributed by atoms with Gasteiger partial charge in [-0.15, -0.1) is 11.3 Å². The third kappa shape index (κ3) is 5.20. The number of benzene rings is 2. The number of sulfonamides is 1. The van der Waals surface area contributed by atoms with Crippen molar-refractivity contribution in [3.05, 3.63) is 64.5 Å². The van der Waals surface area contributed by atoms with E-state index < -0.39 is 10.0 Å². The van der Waals surface area contributed by atoms with Crippen molar-refractivity contribution < 1.29 is 13.2 Å². The maximum absolute atomic E-state index is 13.0. The fourth-order valence-corrected chi connectivity index (χ4v) is 6.13. The molecule has 2 heterocycles. The molecule has 3 aromatic rings. The number of aromatic nitrogens is 1. The zero-order chi connectivity index (χ0) is 22.6. The summed E-state index contributed by atoms with van der Waals surface area (Å²) in [6.45, 7) is 5.25. The number of ether oxygens (including phenoxy) is 1. The first-order chi connectivity index (χ1) is 15.5. The highest BCUT2D eigenvalue weighted by Crippen LogP contribution is 2.25. The molecule has 170 valence electrons. The minimum Gasteiger partial charge on any atom is -0.497 e. The topological polar surface area (TPSA) is 62.7 Å². The van der Waals surface area contributed by atoms with Gasteiger partial charge in [-0.3, -0.25) is 4.90 Å². The summed E-state index contributed by atoms with van der Waals surface area (Å²) >= 11 is 1.64. The van der Waals surface area contributed by atoms with Crippen LogP contribution in [0.2, 0.25) is 0 Å². The van der Waals surface area contributed by atoms with E-state index in [0.717, 1.165) is 41.4 Å². The first-order valence-corrected chi connectivity index (χ1v) is 13.2. The Kier molecular flexibility index (Phi) is 7.25. The van der Waals surface area contributed by atoms with Gasteiger partial charge in [-0.2, -0.15) is 4.31 Å². The molecule has 1 fully saturated rings. The zero-order valence-electron chi connectivity index (χ0n) is 18.5. The van der Waals surface area contributed by atoms with E-state index >= 15 is 0 Å². The number of thiazole rings is 1. The quantitative estimate of drug-likeness (QED) is 0.491. The van der Waals surface area contributed by atoms with Crippen molar-refractivity contribution in [3.8, 4) is 17.0 Å². The van der Waals surface area contributed by atoms with Crippen LogP contribution < -0.4 is 4.74 Å². The molecule has 1 saturated heterocycles. The maximum Gasteiger partial charge on any atom is 0.243 e. The molecular formula is C24H29N3O3S2. The van der Waals surface area contributed by atoms with Gasteiger partial charge in [0.25, 0.3) is 0 Å². The van der Waals surface area contributed by atoms with Gasteiger partial charge in [0.1, 0.15) is 10.8 Å². The van der Waals surface area contributed by atoms with Crippen molar-refractivity contribution in [1.82, 2.24) is 14.2 Å². The normalized spacial score (nSPS) is 15.7. The molecule has 2 aromatic carbocycles. The Bertz CT molecular complexity index is 1120. The molecule has 1 aromatic heterocycles. The van der Waals surface area contributed by atoms with E-state index in [9.17, 15) is 8.42 Å². The summed E-state index contributed by atoms with van der Waals surface area (Å²) in [4.78, 5) is 7.43. The van der Waals surface area contributed by atoms with Crippen molar-refractivity contribution in [2.75, 3.05) is 33.3 Å². The first-order valence-electron chi connectivity index (χ1n) is 10.9. The third-order valence-corrected chi connectivity index (χ3v) is 8.47. The summed E-state index contributed by atoms with van der Waals surface area (Å²) in [5.74, 6) is 0.828. The molecule has 0 aliphatic carbocycles. The molecule has 1 aliphatic rings. The molecule has 32 heavy (non-hydrogen) atoms. The SMILES string of the molecule is CCCc1ccc(S(=O)(=O)N2CCN(Cc3nc(-c4ccc(OC)cc4)cs3)CC2)cc1. The number of nitrogens with zero attached hydrogens (tertiary/aromatic N) is 3. The lowest BCUT2D eigenvalue weighted by atomic mass is 10.1. The highest BCUT2D eigenvalue weighted by molar-refractivity contribution is 7.89. The Labute approximate surface area is 194 Å². The van der Waals surface area contributed by atoms with Gasteiger partial charge >= 0.3 is 0 Å². The van der Waals surface area contributed by atoms with E-state index in [1.165, 1.54) is 5.56 Å². The summed E-state index contributed by atoms with van der Waals surface area (Å²) in [5, 5.41) is 3.11. The summed E-state index contributed by atoms with van der Waals surface area (Å²) < 4.78 is 32.8. The second-order valence-corrected chi connectivity index (χ2v) is 10.8. The zero-order valence-corrected chi connectivity index (χ0v) is 20.2. The molecule has 1 aliphatic heterocycles. The van der Waals surface area contributed by atoms with Crippen molar-refractivity contribution in [2.45, 2.75) is 31.2 Å². The predicted molar refractivity (Wildman–Crippen MR) is 129 cm³/mol. The van der Waals surface area contributed by atoms with Crippen molar-refractivity contribution in [1.29, 1.82) is 0 Å². The molecule has 0 unspecified atom stereocenters. The number of rotatable bonds is 8. The fraction of sp³-hybridized carbons (Fsp3) is 0.375. The molecule has 4 rings (SSSR count). The van der Waals surface area contributed by atoms with Gasteiger partial charge in [0.2, 0.25) is 10.0 Å². The molecule has 0 bridgehead atoms. The van der Waals surface area contributed by atoms with Crippen LogP contribution in [0.3, 0.4) is 0 Å². The van der Waals surface area contributed by atoms with Crippen LogP contribution in [0.5, 0.6) is 5.75 Å². The Hall–Kier alpha value is -2.26. The van der Waals surface area contributed by atoms with Crippen molar-refractivity contribution in [3.63, 3.8) is 0 Å². The van der Waals surface area contributed by atoms with Crippen molar-refractivity contribution >= 4 is 21.4 Å². The third-order valence-electron chi connectivity index (χ3n) is 5.73. The lowest BCUT2D eigenvalue weighted by Gasteiger charge is -2.33. The van der Waals surface area contributed by atoms with Gasteiger partial charge < -0.3 is 4.74 Å². The van der Waals surface area contributed by atoms with Crippen LogP contribution in [0, 0.1) is 0 Å². The van der Waals surface area contributed by atoms with E-state index in [2.05, 4.69) is 17.2 Å². The van der Waals surface area contributed by atoms with Crippen LogP contribution in [0.15, 0.2) is 58.8 Å². The lowest BCUT2D eigenvalue weighted by Crippen LogP contribution is -2.48. The van der Waals surface area contributed by atoms with E-state index in [0.29, 0.717) is 31.1 Å². The predicted octanol–water partition coefficient (Wildman–Crippen LogP) is 4.28. The standard InChI is InChI=1S/C24H29N3O3S2/c1-3-4-19-5-11-22(12-6-19)32(28,29)27-15-13-26(14-16-27)17-24-25-23(18-31-24)20-7-9-21(30-2)10-8-20/h5-12,18H,3-4,13-17H2,1-2H3. The Balaban J connectivity index is 1.34. The average molecular weight is 472 g/mol. The molecule has 0 saturated carbocycles. The minimum atomic E-state index is -3.44. The number of hydrogen-bond acceptors (Lipinski definition) is 6. The number of piperazine rings is 1. The average Bonchev–Trinajstić information content (AvgIpc) is 3.28. The van der Waals surface area contributed by atoms with Crippen LogP contribution in [-0.4, -0.2) is 55.9 Å². The molecule has 0 spiro atoms. The number of methoxy groups -OCH3 is 1. The van der Waals surface area contributed by atoms with Crippen LogP contribution in [-0.2, 0) is 23.0 Å². The Morgan fingerprint density at radius 1 is 1.00 bits per heavy atom. The van der Waals surface area contributed by atoms with Crippen LogP contribution >= 0.6 is 11.3 Å². The molecular weight excluding hydrogens is 442 g/mol. The molecule has 8 heteroatoms. The second-order valence-electron chi connectivity index (χ2n) is 7.93. The van der Waals surface area contributed by atoms with Gasteiger partial charge in [-0.25, -0.2) is 13.4 Å². The highest BCUT2D eigenvalue weighted by Gasteiger charge is 2.28. The molecule has 0 radical (unpaired) electrons. The Morgan fingerprint density at radius 3 is 2.31 bits per heavy atom. The smallest absolute Gasteiger partial charge is 0.243 e. The maximum atomic E-state index is 13.0. The van der Waals surface area contributed by atoms with Gasteiger partial charge in [0.05, 0.1) is 24.2 Å². The second kappa shape index (κ2) is 10.1. The molecule has 0 amide bonds. The monoisotopic (exact) mass is 471 g/mol. The van der Waals surface area contributed by atoms with Crippen molar-refractivity contribution in [2.24, 2.45) is 0 Å². The number of hydrogen-bond donors (Lipinski definition) is 0. The van der Waals surface area contributed by atoms with Crippen LogP contribution in [0.25, 0.3) is 11.3 Å². The summed E-state index contributed by atoms with van der Waals surface area (Å²) in [5.41, 5.74) is 3.20. The largest absolute Gasteiger partial charge is 0.497 e. The van der Waals surface area contributed by atoms with E-state index in [-0.39, 0.29) is 0 Å². The minimum absolute atomic E-state index is 0.384. The number of aryl methyl sites for hydroxylation is 1. The Morgan fingerprint density at radius 2 is 1.69 bits per heavy atom. The molecule has 0 atom stereocenters. The summed E-state index contributed by atoms with van der Waals surface area (Å²) in [7, 11) is -1.79. The molecule has 6 nitrogen and oxygen atoms in total. The highest BCUT2D eigenvalue weighted by atomic mass is 32.2. The summed E-state index contributed by atoms with van der Waals surface area (Å²) in [6.07, 6.45) is 2.02. The van der Waals surface area contributed by atoms with E-state index in [1.54, 1.807) is 34.9 Å². The van der Waals surface area contributed by atoms with Crippen LogP contribution in [0.1, 0.15) is 23.9 Å². The first kappa shape index (κ1) is 22.9. The van der Waals surface area contributed by atoms with E-state index in [4.69, 9.17) is 9.72 Å². The van der Waals surface area contributed by atoms with Crippen LogP contribution in [0.4, 0.5) is 0 Å². The summed E-state index contributed by atoms with van der Waals surface area (Å²) in [6, 6.07) is 15.2. The lowest BCUT2D eigenvalue weighted by molar-refractivity contribution is 0.181. The van der Waals surface area contributed by atoms with Gasteiger partial charge in [0, 0.05) is 37.1 Å². The molecule has 0 N–H and O–H groups in total. The van der Waals surface area contributed by atoms with E-state index in [1.807, 2.05) is 36.4 Å².